The van der Waals surface area contributed by atoms with Gasteiger partial charge in [-0.3, -0.25) is 0 Å². The first-order valence-electron chi connectivity index (χ1n) is 16.3. The lowest BCUT2D eigenvalue weighted by Crippen LogP contribution is -2.27. The number of hydrogen-bond donors (Lipinski definition) is 11. The van der Waals surface area contributed by atoms with Crippen molar-refractivity contribution in [2.45, 2.75) is 64.5 Å². The normalized spacial score (nSPS) is 12.9. The number of phenolic OH excluding ortho intramolecular Hbond substituents is 4. The first-order valence-corrected chi connectivity index (χ1v) is 16.3. The third-order valence-electron chi connectivity index (χ3n) is 7.15. The van der Waals surface area contributed by atoms with Gasteiger partial charge in [0.2, 0.25) is 0 Å². The lowest BCUT2D eigenvalue weighted by atomic mass is 10.0. The molecule has 0 aliphatic heterocycles. The number of methoxy groups -OCH3 is 1. The van der Waals surface area contributed by atoms with E-state index in [1.807, 2.05) is 20.8 Å². The summed E-state index contributed by atoms with van der Waals surface area (Å²) >= 11 is 0. The second kappa shape index (κ2) is 23.1. The molecule has 0 heterocycles. The molecule has 276 valence electrons. The number of nitrogens with two attached hydrogens (primary N) is 3. The molecule has 0 bridgehead atoms. The van der Waals surface area contributed by atoms with Crippen molar-refractivity contribution in [3.05, 3.63) is 113 Å². The van der Waals surface area contributed by atoms with E-state index in [0.29, 0.717) is 23.4 Å². The zero-order chi connectivity index (χ0) is 37.8. The average molecular weight is 697 g/mol. The minimum atomic E-state index is -0.731. The number of phenols is 4. The van der Waals surface area contributed by atoms with Gasteiger partial charge in [-0.15, -0.1) is 0 Å². The van der Waals surface area contributed by atoms with Crippen LogP contribution in [0.3, 0.4) is 0 Å². The molecule has 0 amide bonds. The molecule has 0 radical (unpaired) electrons. The van der Waals surface area contributed by atoms with Gasteiger partial charge in [0.05, 0.1) is 25.4 Å². The van der Waals surface area contributed by atoms with Gasteiger partial charge in [0, 0.05) is 37.8 Å². The predicted molar refractivity (Wildman–Crippen MR) is 197 cm³/mol. The van der Waals surface area contributed by atoms with Gasteiger partial charge in [0.1, 0.15) is 17.2 Å². The van der Waals surface area contributed by atoms with Crippen LogP contribution in [0.2, 0.25) is 0 Å². The number of aliphatic hydroxyl groups excluding tert-OH is 3. The van der Waals surface area contributed by atoms with Crippen molar-refractivity contribution in [2.24, 2.45) is 17.2 Å². The van der Waals surface area contributed by atoms with E-state index in [9.17, 15) is 30.6 Å². The molecule has 4 aromatic rings. The number of benzene rings is 4. The van der Waals surface area contributed by atoms with Gasteiger partial charge < -0.3 is 63.0 Å². The topological polar surface area (TPSA) is 241 Å². The third kappa shape index (κ3) is 16.8. The summed E-state index contributed by atoms with van der Waals surface area (Å²) in [7, 11) is 1.45. The van der Waals surface area contributed by atoms with Gasteiger partial charge in [-0.2, -0.15) is 0 Å². The van der Waals surface area contributed by atoms with Crippen LogP contribution in [-0.2, 0) is 6.42 Å². The molecular formula is C38H56N4O8. The van der Waals surface area contributed by atoms with Crippen molar-refractivity contribution >= 4 is 0 Å². The third-order valence-corrected chi connectivity index (χ3v) is 7.15. The van der Waals surface area contributed by atoms with Gasteiger partial charge >= 0.3 is 0 Å². The Labute approximate surface area is 295 Å². The van der Waals surface area contributed by atoms with E-state index in [0.717, 1.165) is 12.0 Å². The number of rotatable bonds is 11. The lowest BCUT2D eigenvalue weighted by molar-refractivity contribution is 0.171. The Morgan fingerprint density at radius 3 is 1.70 bits per heavy atom. The minimum absolute atomic E-state index is 0.0476. The van der Waals surface area contributed by atoms with E-state index in [-0.39, 0.29) is 48.2 Å². The number of aryl methyl sites for hydroxylation is 1. The number of aliphatic hydroxyl groups is 3. The van der Waals surface area contributed by atoms with E-state index >= 15 is 0 Å². The van der Waals surface area contributed by atoms with Crippen molar-refractivity contribution in [3.63, 3.8) is 0 Å². The molecule has 4 unspecified atom stereocenters. The number of nitrogens with one attached hydrogen (secondary N) is 1. The minimum Gasteiger partial charge on any atom is -0.508 e. The highest BCUT2D eigenvalue weighted by molar-refractivity contribution is 5.42. The van der Waals surface area contributed by atoms with Crippen LogP contribution in [-0.4, -0.2) is 74.6 Å². The Hall–Kier alpha value is -4.40. The summed E-state index contributed by atoms with van der Waals surface area (Å²) < 4.78 is 4.88. The van der Waals surface area contributed by atoms with Crippen LogP contribution in [0.1, 0.15) is 66.9 Å². The molecule has 4 atom stereocenters. The van der Waals surface area contributed by atoms with Crippen molar-refractivity contribution in [3.8, 4) is 28.7 Å². The summed E-state index contributed by atoms with van der Waals surface area (Å²) in [4.78, 5) is 0. The zero-order valence-electron chi connectivity index (χ0n) is 29.6. The molecule has 12 heteroatoms. The van der Waals surface area contributed by atoms with Crippen molar-refractivity contribution in [1.82, 2.24) is 5.32 Å². The van der Waals surface area contributed by atoms with Gasteiger partial charge in [-0.25, -0.2) is 0 Å². The molecular weight excluding hydrogens is 640 g/mol. The standard InChI is InChI=1S/C11H17NO3.C10H15N.C9H13NO3.C8H11NO2/c1-7(2)12-6-11(15)8-3-9(13)5-10(14)4-8;1-8-5-3-4-6-10(8)7-9(2)11;1-13-9-4-6(8(12)5-10)2-3-7(9)11;9-5-8(11)6-1-3-7(10)4-2-6/h3-5,7,11-15H,6H2,1-2H3;3-6,9H,7,11H2,1-2H3;2-4,8,11-12H,5,10H2,1H3;1-4,8,10-11H,5,9H2. The second-order valence-corrected chi connectivity index (χ2v) is 12.0. The maximum absolute atomic E-state index is 9.73. The van der Waals surface area contributed by atoms with Gasteiger partial charge in [0.25, 0.3) is 0 Å². The summed E-state index contributed by atoms with van der Waals surface area (Å²) in [5.41, 5.74) is 20.8. The first kappa shape index (κ1) is 43.6. The predicted octanol–water partition coefficient (Wildman–Crippen LogP) is 3.79. The van der Waals surface area contributed by atoms with Gasteiger partial charge in [-0.1, -0.05) is 56.3 Å². The fraction of sp³-hybridized carbons (Fsp3) is 0.368. The molecule has 14 N–H and O–H groups in total. The van der Waals surface area contributed by atoms with E-state index in [2.05, 4.69) is 36.5 Å². The first-order chi connectivity index (χ1) is 23.6. The van der Waals surface area contributed by atoms with E-state index in [1.165, 1.54) is 54.6 Å². The quantitative estimate of drug-likeness (QED) is 0.107. The number of ether oxygens (including phenoxy) is 1. The van der Waals surface area contributed by atoms with Crippen LogP contribution in [0.5, 0.6) is 28.7 Å². The van der Waals surface area contributed by atoms with Crippen LogP contribution >= 0.6 is 0 Å². The highest BCUT2D eigenvalue weighted by Crippen LogP contribution is 2.28. The highest BCUT2D eigenvalue weighted by Gasteiger charge is 2.11. The van der Waals surface area contributed by atoms with Crippen LogP contribution in [0.15, 0.2) is 84.9 Å². The molecule has 0 aliphatic carbocycles. The summed E-state index contributed by atoms with van der Waals surface area (Å²) in [5, 5.41) is 68.0. The molecule has 50 heavy (non-hydrogen) atoms. The average Bonchev–Trinajstić information content (AvgIpc) is 3.08. The van der Waals surface area contributed by atoms with E-state index < -0.39 is 18.3 Å². The van der Waals surface area contributed by atoms with E-state index in [4.69, 9.17) is 27.0 Å². The van der Waals surface area contributed by atoms with Crippen LogP contribution in [0.4, 0.5) is 0 Å². The zero-order valence-corrected chi connectivity index (χ0v) is 29.6. The molecule has 0 saturated heterocycles. The maximum Gasteiger partial charge on any atom is 0.160 e. The maximum atomic E-state index is 9.73. The number of aromatic hydroxyl groups is 4. The Morgan fingerprint density at radius 1 is 0.660 bits per heavy atom. The van der Waals surface area contributed by atoms with Gasteiger partial charge in [0.15, 0.2) is 11.5 Å². The smallest absolute Gasteiger partial charge is 0.160 e. The van der Waals surface area contributed by atoms with Crippen LogP contribution in [0.25, 0.3) is 0 Å². The largest absolute Gasteiger partial charge is 0.508 e. The molecule has 0 spiro atoms. The van der Waals surface area contributed by atoms with Crippen molar-refractivity contribution in [1.29, 1.82) is 0 Å². The Bertz CT molecular complexity index is 1500. The van der Waals surface area contributed by atoms with Crippen molar-refractivity contribution in [2.75, 3.05) is 26.7 Å². The molecule has 4 rings (SSSR count). The molecule has 0 aromatic heterocycles. The lowest BCUT2D eigenvalue weighted by Gasteiger charge is -2.14. The second-order valence-electron chi connectivity index (χ2n) is 12.0. The van der Waals surface area contributed by atoms with Gasteiger partial charge in [-0.05, 0) is 84.5 Å². The molecule has 0 saturated carbocycles. The Kier molecular flexibility index (Phi) is 20.1. The number of hydrogen-bond acceptors (Lipinski definition) is 12. The summed E-state index contributed by atoms with van der Waals surface area (Å²) in [6.45, 7) is 8.85. The fourth-order valence-electron chi connectivity index (χ4n) is 4.33. The van der Waals surface area contributed by atoms with Crippen molar-refractivity contribution < 1.29 is 40.5 Å². The van der Waals surface area contributed by atoms with Crippen LogP contribution < -0.4 is 27.3 Å². The molecule has 12 nitrogen and oxygen atoms in total. The highest BCUT2D eigenvalue weighted by atomic mass is 16.5. The van der Waals surface area contributed by atoms with Crippen LogP contribution in [0, 0.1) is 6.92 Å². The fourth-order valence-corrected chi connectivity index (χ4v) is 4.33. The molecule has 0 fully saturated rings. The summed E-state index contributed by atoms with van der Waals surface area (Å²) in [6, 6.07) is 24.0. The SMILES string of the molecule is CC(C)NCC(O)c1cc(O)cc(O)c1.COc1cc(C(O)CN)ccc1O.Cc1ccccc1CC(C)N.NCC(O)c1ccc(O)cc1. The molecule has 4 aromatic carbocycles. The summed E-state index contributed by atoms with van der Waals surface area (Å²) in [5.74, 6) is 0.487. The summed E-state index contributed by atoms with van der Waals surface area (Å²) in [6.07, 6.45) is -1.09. The Morgan fingerprint density at radius 2 is 1.20 bits per heavy atom. The monoisotopic (exact) mass is 696 g/mol. The Balaban J connectivity index is 0.000000336. The van der Waals surface area contributed by atoms with E-state index in [1.54, 1.807) is 24.3 Å². The molecule has 0 aliphatic rings.